The number of aryl methyl sites for hydroxylation is 1. The predicted octanol–water partition coefficient (Wildman–Crippen LogP) is 5.35. The van der Waals surface area contributed by atoms with Crippen molar-refractivity contribution in [1.29, 1.82) is 0 Å². The fourth-order valence-electron chi connectivity index (χ4n) is 2.79. The number of rotatable bonds is 7. The van der Waals surface area contributed by atoms with E-state index in [4.69, 9.17) is 21.1 Å². The van der Waals surface area contributed by atoms with E-state index in [-0.39, 0.29) is 17.7 Å². The molecule has 0 saturated heterocycles. The molecule has 1 N–H and O–H groups in total. The van der Waals surface area contributed by atoms with E-state index in [0.717, 1.165) is 11.1 Å². The van der Waals surface area contributed by atoms with Gasteiger partial charge in [0.05, 0.1) is 12.2 Å². The van der Waals surface area contributed by atoms with Crippen molar-refractivity contribution in [3.05, 3.63) is 75.6 Å². The fourth-order valence-corrected chi connectivity index (χ4v) is 3.96. The van der Waals surface area contributed by atoms with Crippen LogP contribution < -0.4 is 5.32 Å². The second-order valence-electron chi connectivity index (χ2n) is 6.57. The first-order valence-corrected chi connectivity index (χ1v) is 10.7. The van der Waals surface area contributed by atoms with Crippen LogP contribution in [0.3, 0.4) is 0 Å². The van der Waals surface area contributed by atoms with Crippen molar-refractivity contribution < 1.29 is 23.9 Å². The molecule has 160 valence electrons. The highest BCUT2D eigenvalue weighted by atomic mass is 35.5. The van der Waals surface area contributed by atoms with Gasteiger partial charge in [0, 0.05) is 16.0 Å². The van der Waals surface area contributed by atoms with E-state index >= 15 is 0 Å². The van der Waals surface area contributed by atoms with E-state index in [2.05, 4.69) is 5.32 Å². The van der Waals surface area contributed by atoms with Crippen LogP contribution in [0, 0.1) is 6.92 Å². The quantitative estimate of drug-likeness (QED) is 0.483. The van der Waals surface area contributed by atoms with Crippen LogP contribution in [0.2, 0.25) is 5.02 Å². The van der Waals surface area contributed by atoms with Crippen LogP contribution in [0.4, 0.5) is 5.00 Å². The van der Waals surface area contributed by atoms with E-state index in [0.29, 0.717) is 15.6 Å². The molecule has 0 aliphatic carbocycles. The van der Waals surface area contributed by atoms with E-state index in [1.165, 1.54) is 23.5 Å². The second-order valence-corrected chi connectivity index (χ2v) is 7.89. The zero-order chi connectivity index (χ0) is 22.4. The zero-order valence-corrected chi connectivity index (χ0v) is 18.5. The summed E-state index contributed by atoms with van der Waals surface area (Å²) in [5, 5.41) is 5.15. The number of hydrogen-bond donors (Lipinski definition) is 1. The average molecular weight is 458 g/mol. The van der Waals surface area contributed by atoms with Crippen LogP contribution in [-0.4, -0.2) is 31.1 Å². The number of esters is 2. The monoisotopic (exact) mass is 457 g/mol. The van der Waals surface area contributed by atoms with E-state index in [1.807, 2.05) is 31.2 Å². The Balaban J connectivity index is 1.75. The summed E-state index contributed by atoms with van der Waals surface area (Å²) in [6, 6.07) is 13.9. The van der Waals surface area contributed by atoms with E-state index < -0.39 is 24.5 Å². The van der Waals surface area contributed by atoms with Crippen molar-refractivity contribution in [2.75, 3.05) is 18.5 Å². The Bertz CT molecular complexity index is 1110. The lowest BCUT2D eigenvalue weighted by Gasteiger charge is -2.09. The largest absolute Gasteiger partial charge is 0.462 e. The lowest BCUT2D eigenvalue weighted by molar-refractivity contribution is -0.119. The Hall–Kier alpha value is -3.16. The number of halogens is 1. The van der Waals surface area contributed by atoms with Crippen molar-refractivity contribution in [3.8, 4) is 11.1 Å². The molecule has 0 bridgehead atoms. The normalized spacial score (nSPS) is 10.4. The van der Waals surface area contributed by atoms with Crippen LogP contribution in [0.1, 0.15) is 33.2 Å². The zero-order valence-electron chi connectivity index (χ0n) is 16.9. The van der Waals surface area contributed by atoms with Gasteiger partial charge in [0.1, 0.15) is 10.6 Å². The van der Waals surface area contributed by atoms with Gasteiger partial charge < -0.3 is 14.8 Å². The minimum absolute atomic E-state index is 0.201. The van der Waals surface area contributed by atoms with Gasteiger partial charge in [0.2, 0.25) is 0 Å². The summed E-state index contributed by atoms with van der Waals surface area (Å²) in [7, 11) is 0. The number of thiophene rings is 1. The molecule has 1 heterocycles. The number of anilines is 1. The number of carbonyl (C=O) groups is 3. The Morgan fingerprint density at radius 2 is 1.77 bits per heavy atom. The number of nitrogens with one attached hydrogen (secondary N) is 1. The first kappa shape index (κ1) is 22.5. The maximum Gasteiger partial charge on any atom is 0.341 e. The summed E-state index contributed by atoms with van der Waals surface area (Å²) in [6.07, 6.45) is 0. The Kier molecular flexibility index (Phi) is 7.44. The highest BCUT2D eigenvalue weighted by Crippen LogP contribution is 2.36. The third-order valence-corrected chi connectivity index (χ3v) is 5.41. The SMILES string of the molecule is CCOC(=O)c1c(-c2ccc(C)cc2)csc1NC(=O)COC(=O)c1cccc(Cl)c1. The molecule has 0 unspecified atom stereocenters. The predicted molar refractivity (Wildman–Crippen MR) is 121 cm³/mol. The molecule has 0 atom stereocenters. The molecule has 0 aliphatic heterocycles. The molecule has 2 aromatic carbocycles. The van der Waals surface area contributed by atoms with Crippen LogP contribution in [0.5, 0.6) is 0 Å². The Morgan fingerprint density at radius 3 is 2.45 bits per heavy atom. The molecule has 8 heteroatoms. The Morgan fingerprint density at radius 1 is 1.03 bits per heavy atom. The molecular formula is C23H20ClNO5S. The average Bonchev–Trinajstić information content (AvgIpc) is 3.16. The van der Waals surface area contributed by atoms with Crippen molar-refractivity contribution >= 4 is 45.8 Å². The number of benzene rings is 2. The van der Waals surface area contributed by atoms with Crippen LogP contribution in [-0.2, 0) is 14.3 Å². The number of carbonyl (C=O) groups excluding carboxylic acids is 3. The number of hydrogen-bond acceptors (Lipinski definition) is 6. The topological polar surface area (TPSA) is 81.7 Å². The van der Waals surface area contributed by atoms with Gasteiger partial charge in [-0.3, -0.25) is 4.79 Å². The van der Waals surface area contributed by atoms with Gasteiger partial charge in [0.15, 0.2) is 6.61 Å². The molecule has 1 aromatic heterocycles. The molecule has 0 saturated carbocycles. The third kappa shape index (κ3) is 5.71. The second kappa shape index (κ2) is 10.2. The first-order valence-electron chi connectivity index (χ1n) is 9.47. The third-order valence-electron chi connectivity index (χ3n) is 4.28. The van der Waals surface area contributed by atoms with Crippen molar-refractivity contribution in [1.82, 2.24) is 0 Å². The minimum atomic E-state index is -0.671. The van der Waals surface area contributed by atoms with Gasteiger partial charge in [-0.1, -0.05) is 47.5 Å². The molecule has 0 radical (unpaired) electrons. The lowest BCUT2D eigenvalue weighted by Crippen LogP contribution is -2.21. The summed E-state index contributed by atoms with van der Waals surface area (Å²) < 4.78 is 10.2. The molecule has 1 amide bonds. The summed E-state index contributed by atoms with van der Waals surface area (Å²) in [4.78, 5) is 37.1. The lowest BCUT2D eigenvalue weighted by atomic mass is 10.0. The molecule has 0 aliphatic rings. The fraction of sp³-hybridized carbons (Fsp3) is 0.174. The summed E-state index contributed by atoms with van der Waals surface area (Å²) >= 11 is 7.06. The maximum absolute atomic E-state index is 12.6. The summed E-state index contributed by atoms with van der Waals surface area (Å²) in [5.41, 5.74) is 3.09. The highest BCUT2D eigenvalue weighted by Gasteiger charge is 2.23. The standard InChI is InChI=1S/C23H20ClNO5S/c1-3-29-23(28)20-18(15-9-7-14(2)8-10-15)13-31-21(20)25-19(26)12-30-22(27)16-5-4-6-17(24)11-16/h4-11,13H,3,12H2,1-2H3,(H,25,26). The maximum atomic E-state index is 12.6. The van der Waals surface area contributed by atoms with Crippen LogP contribution in [0.25, 0.3) is 11.1 Å². The van der Waals surface area contributed by atoms with Gasteiger partial charge in [0.25, 0.3) is 5.91 Å². The molecule has 6 nitrogen and oxygen atoms in total. The van der Waals surface area contributed by atoms with Gasteiger partial charge in [-0.05, 0) is 37.6 Å². The van der Waals surface area contributed by atoms with Gasteiger partial charge in [-0.2, -0.15) is 0 Å². The van der Waals surface area contributed by atoms with Crippen LogP contribution >= 0.6 is 22.9 Å². The molecule has 0 fully saturated rings. The van der Waals surface area contributed by atoms with Crippen LogP contribution in [0.15, 0.2) is 53.9 Å². The number of amides is 1. The molecular weight excluding hydrogens is 438 g/mol. The summed E-state index contributed by atoms with van der Waals surface area (Å²) in [5.74, 6) is -1.78. The van der Waals surface area contributed by atoms with E-state index in [9.17, 15) is 14.4 Å². The smallest absolute Gasteiger partial charge is 0.341 e. The molecule has 31 heavy (non-hydrogen) atoms. The number of ether oxygens (including phenoxy) is 2. The van der Waals surface area contributed by atoms with Gasteiger partial charge >= 0.3 is 11.9 Å². The first-order chi connectivity index (χ1) is 14.9. The van der Waals surface area contributed by atoms with E-state index in [1.54, 1.807) is 24.4 Å². The highest BCUT2D eigenvalue weighted by molar-refractivity contribution is 7.15. The molecule has 3 rings (SSSR count). The van der Waals surface area contributed by atoms with Crippen molar-refractivity contribution in [2.45, 2.75) is 13.8 Å². The minimum Gasteiger partial charge on any atom is -0.462 e. The molecule has 3 aromatic rings. The Labute approximate surface area is 188 Å². The van der Waals surface area contributed by atoms with Gasteiger partial charge in [-0.25, -0.2) is 9.59 Å². The summed E-state index contributed by atoms with van der Waals surface area (Å²) in [6.45, 7) is 3.38. The van der Waals surface area contributed by atoms with Crippen molar-refractivity contribution in [3.63, 3.8) is 0 Å². The van der Waals surface area contributed by atoms with Gasteiger partial charge in [-0.15, -0.1) is 11.3 Å². The molecule has 0 spiro atoms. The van der Waals surface area contributed by atoms with Crippen molar-refractivity contribution in [2.24, 2.45) is 0 Å².